The van der Waals surface area contributed by atoms with Crippen molar-refractivity contribution >= 4 is 6.03 Å². The highest BCUT2D eigenvalue weighted by Gasteiger charge is 2.39. The lowest BCUT2D eigenvalue weighted by Crippen LogP contribution is -2.44. The molecule has 0 aliphatic heterocycles. The van der Waals surface area contributed by atoms with E-state index in [1.807, 2.05) is 0 Å². The monoisotopic (exact) mass is 292 g/mol. The van der Waals surface area contributed by atoms with Crippen molar-refractivity contribution in [2.45, 2.75) is 77.2 Å². The molecule has 0 saturated heterocycles. The van der Waals surface area contributed by atoms with Crippen molar-refractivity contribution in [3.63, 3.8) is 0 Å². The molecule has 3 aliphatic carbocycles. The quantitative estimate of drug-likeness (QED) is 0.787. The lowest BCUT2D eigenvalue weighted by Gasteiger charge is -2.29. The Labute approximate surface area is 129 Å². The van der Waals surface area contributed by atoms with Gasteiger partial charge in [-0.3, -0.25) is 0 Å². The average Bonchev–Trinajstić information content (AvgIpc) is 2.75. The molecule has 0 aromatic carbocycles. The average molecular weight is 292 g/mol. The van der Waals surface area contributed by atoms with Crippen LogP contribution in [0.3, 0.4) is 0 Å². The van der Waals surface area contributed by atoms with E-state index in [1.165, 1.54) is 64.2 Å². The second kappa shape index (κ2) is 7.02. The van der Waals surface area contributed by atoms with Gasteiger partial charge in [-0.25, -0.2) is 4.79 Å². The van der Waals surface area contributed by atoms with Crippen LogP contribution in [0.1, 0.15) is 71.1 Å². The summed E-state index contributed by atoms with van der Waals surface area (Å²) in [6.07, 6.45) is 13.2. The van der Waals surface area contributed by atoms with Gasteiger partial charge in [0.2, 0.25) is 0 Å². The zero-order valence-electron chi connectivity index (χ0n) is 13.6. The molecule has 3 heteroatoms. The molecule has 0 heterocycles. The minimum Gasteiger partial charge on any atom is -0.338 e. The maximum atomic E-state index is 12.0. The van der Waals surface area contributed by atoms with Crippen LogP contribution in [0.4, 0.5) is 4.79 Å². The van der Waals surface area contributed by atoms with Gasteiger partial charge in [-0.2, -0.15) is 0 Å². The topological polar surface area (TPSA) is 41.1 Å². The number of carbonyl (C=O) groups is 1. The Kier molecular flexibility index (Phi) is 5.07. The summed E-state index contributed by atoms with van der Waals surface area (Å²) in [5, 5.41) is 6.32. The van der Waals surface area contributed by atoms with Crippen molar-refractivity contribution in [2.24, 2.45) is 23.7 Å². The molecule has 2 amide bonds. The first-order valence-electron chi connectivity index (χ1n) is 9.29. The lowest BCUT2D eigenvalue weighted by molar-refractivity contribution is 0.219. The van der Waals surface area contributed by atoms with Crippen LogP contribution in [0.25, 0.3) is 0 Å². The molecule has 1 unspecified atom stereocenters. The van der Waals surface area contributed by atoms with E-state index in [0.717, 1.165) is 30.2 Å². The second-order valence-electron chi connectivity index (χ2n) is 7.80. The van der Waals surface area contributed by atoms with Crippen LogP contribution in [0, 0.1) is 23.7 Å². The van der Waals surface area contributed by atoms with Crippen molar-refractivity contribution in [2.75, 3.05) is 6.54 Å². The van der Waals surface area contributed by atoms with E-state index in [2.05, 4.69) is 17.6 Å². The van der Waals surface area contributed by atoms with E-state index in [0.29, 0.717) is 6.04 Å². The normalized spacial score (nSPS) is 38.4. The first kappa shape index (κ1) is 15.2. The number of rotatable bonds is 5. The zero-order valence-corrected chi connectivity index (χ0v) is 13.6. The Bertz CT molecular complexity index is 337. The molecular formula is C18H32N2O. The SMILES string of the molecule is CCCC1CCC(NC(=O)NCC2C[C@H]3CC[C@H]3C2)CC1. The first-order chi connectivity index (χ1) is 10.2. The van der Waals surface area contributed by atoms with Gasteiger partial charge in [0, 0.05) is 12.6 Å². The van der Waals surface area contributed by atoms with E-state index < -0.39 is 0 Å². The Balaban J connectivity index is 1.30. The van der Waals surface area contributed by atoms with Crippen LogP contribution in [-0.2, 0) is 0 Å². The van der Waals surface area contributed by atoms with Gasteiger partial charge < -0.3 is 10.6 Å². The number of hydrogen-bond donors (Lipinski definition) is 2. The molecule has 0 radical (unpaired) electrons. The smallest absolute Gasteiger partial charge is 0.315 e. The van der Waals surface area contributed by atoms with Crippen molar-refractivity contribution in [1.29, 1.82) is 0 Å². The summed E-state index contributed by atoms with van der Waals surface area (Å²) in [5.74, 6) is 3.64. The summed E-state index contributed by atoms with van der Waals surface area (Å²) in [7, 11) is 0. The van der Waals surface area contributed by atoms with Crippen LogP contribution >= 0.6 is 0 Å². The van der Waals surface area contributed by atoms with Gasteiger partial charge >= 0.3 is 6.03 Å². The Morgan fingerprint density at radius 3 is 2.19 bits per heavy atom. The molecule has 3 atom stereocenters. The zero-order chi connectivity index (χ0) is 14.7. The maximum Gasteiger partial charge on any atom is 0.315 e. The van der Waals surface area contributed by atoms with Crippen LogP contribution in [-0.4, -0.2) is 18.6 Å². The first-order valence-corrected chi connectivity index (χ1v) is 9.29. The van der Waals surface area contributed by atoms with E-state index in [9.17, 15) is 4.79 Å². The highest BCUT2D eigenvalue weighted by Crippen LogP contribution is 2.49. The molecule has 0 aromatic rings. The fourth-order valence-corrected chi connectivity index (χ4v) is 4.86. The molecule has 3 saturated carbocycles. The van der Waals surface area contributed by atoms with Gasteiger partial charge in [-0.1, -0.05) is 19.8 Å². The van der Waals surface area contributed by atoms with Crippen molar-refractivity contribution in [3.05, 3.63) is 0 Å². The number of fused-ring (bicyclic) bond motifs is 1. The van der Waals surface area contributed by atoms with Crippen LogP contribution in [0.5, 0.6) is 0 Å². The summed E-state index contributed by atoms with van der Waals surface area (Å²) in [6.45, 7) is 3.16. The molecular weight excluding hydrogens is 260 g/mol. The molecule has 21 heavy (non-hydrogen) atoms. The van der Waals surface area contributed by atoms with E-state index >= 15 is 0 Å². The van der Waals surface area contributed by atoms with Crippen molar-refractivity contribution in [1.82, 2.24) is 10.6 Å². The van der Waals surface area contributed by atoms with Crippen LogP contribution in [0.15, 0.2) is 0 Å². The Morgan fingerprint density at radius 1 is 0.952 bits per heavy atom. The predicted octanol–water partition coefficient (Wildman–Crippen LogP) is 4.08. The van der Waals surface area contributed by atoms with Gasteiger partial charge in [0.25, 0.3) is 0 Å². The fraction of sp³-hybridized carbons (Fsp3) is 0.944. The summed E-state index contributed by atoms with van der Waals surface area (Å²) < 4.78 is 0. The molecule has 3 rings (SSSR count). The summed E-state index contributed by atoms with van der Waals surface area (Å²) in [5.41, 5.74) is 0. The van der Waals surface area contributed by atoms with Gasteiger partial charge in [0.05, 0.1) is 0 Å². The summed E-state index contributed by atoms with van der Waals surface area (Å²) in [4.78, 5) is 12.0. The molecule has 3 aliphatic rings. The molecule has 0 spiro atoms. The third-order valence-electron chi connectivity index (χ3n) is 6.28. The van der Waals surface area contributed by atoms with Crippen molar-refractivity contribution < 1.29 is 4.79 Å². The standard InChI is InChI=1S/C18H32N2O/c1-2-3-13-4-8-17(9-5-13)20-18(21)19-12-14-10-15-6-7-16(15)11-14/h13-17H,2-12H2,1H3,(H2,19,20,21)/t13?,14?,15-,16+,17?. The third kappa shape index (κ3) is 3.92. The molecule has 0 bridgehead atoms. The highest BCUT2D eigenvalue weighted by atomic mass is 16.2. The molecule has 3 nitrogen and oxygen atoms in total. The number of hydrogen-bond acceptors (Lipinski definition) is 1. The summed E-state index contributed by atoms with van der Waals surface area (Å²) in [6, 6.07) is 0.492. The third-order valence-corrected chi connectivity index (χ3v) is 6.28. The molecule has 3 fully saturated rings. The minimum atomic E-state index is 0.0770. The van der Waals surface area contributed by atoms with E-state index in [1.54, 1.807) is 0 Å². The van der Waals surface area contributed by atoms with Crippen molar-refractivity contribution in [3.8, 4) is 0 Å². The van der Waals surface area contributed by atoms with Gasteiger partial charge in [-0.05, 0) is 75.0 Å². The Morgan fingerprint density at radius 2 is 1.62 bits per heavy atom. The number of nitrogens with one attached hydrogen (secondary N) is 2. The van der Waals surface area contributed by atoms with Gasteiger partial charge in [0.1, 0.15) is 0 Å². The Hall–Kier alpha value is -0.730. The number of amides is 2. The highest BCUT2D eigenvalue weighted by molar-refractivity contribution is 5.74. The van der Waals surface area contributed by atoms with Crippen LogP contribution in [0.2, 0.25) is 0 Å². The van der Waals surface area contributed by atoms with Gasteiger partial charge in [-0.15, -0.1) is 0 Å². The summed E-state index contributed by atoms with van der Waals surface area (Å²) >= 11 is 0. The minimum absolute atomic E-state index is 0.0770. The predicted molar refractivity (Wildman–Crippen MR) is 86.1 cm³/mol. The molecule has 0 aromatic heterocycles. The molecule has 120 valence electrons. The van der Waals surface area contributed by atoms with Crippen LogP contribution < -0.4 is 10.6 Å². The lowest BCUT2D eigenvalue weighted by atomic mass is 9.77. The largest absolute Gasteiger partial charge is 0.338 e. The van der Waals surface area contributed by atoms with E-state index in [-0.39, 0.29) is 6.03 Å². The second-order valence-corrected chi connectivity index (χ2v) is 7.80. The number of urea groups is 1. The maximum absolute atomic E-state index is 12.0. The fourth-order valence-electron chi connectivity index (χ4n) is 4.86. The van der Waals surface area contributed by atoms with Gasteiger partial charge in [0.15, 0.2) is 0 Å². The molecule has 2 N–H and O–H groups in total. The van der Waals surface area contributed by atoms with E-state index in [4.69, 9.17) is 0 Å². The number of carbonyl (C=O) groups excluding carboxylic acids is 1.